The minimum atomic E-state index is -0.682. The first-order chi connectivity index (χ1) is 5.48. The summed E-state index contributed by atoms with van der Waals surface area (Å²) in [5.41, 5.74) is 5.36. The fraction of sp³-hybridized carbons (Fsp3) is 1.00. The Morgan fingerprint density at radius 3 is 2.17 bits per heavy atom. The van der Waals surface area contributed by atoms with Crippen LogP contribution in [0.3, 0.4) is 0 Å². The van der Waals surface area contributed by atoms with E-state index in [2.05, 4.69) is 0 Å². The second-order valence-corrected chi connectivity index (χ2v) is 6.34. The van der Waals surface area contributed by atoms with Crippen molar-refractivity contribution in [1.82, 2.24) is 0 Å². The minimum absolute atomic E-state index is 0.0529. The quantitative estimate of drug-likeness (QED) is 0.672. The molecule has 0 aliphatic heterocycles. The van der Waals surface area contributed by atoms with Crippen LogP contribution in [-0.2, 0) is 10.8 Å². The van der Waals surface area contributed by atoms with Crippen LogP contribution in [0, 0.1) is 0 Å². The van der Waals surface area contributed by atoms with E-state index in [4.69, 9.17) is 5.73 Å². The zero-order valence-electron chi connectivity index (χ0n) is 8.43. The molecule has 0 aliphatic carbocycles. The van der Waals surface area contributed by atoms with Gasteiger partial charge in [0.2, 0.25) is 0 Å². The average molecular weight is 191 g/mol. The lowest BCUT2D eigenvalue weighted by Gasteiger charge is -2.17. The van der Waals surface area contributed by atoms with Crippen LogP contribution < -0.4 is 5.73 Å². The lowest BCUT2D eigenvalue weighted by Crippen LogP contribution is -2.24. The zero-order valence-corrected chi connectivity index (χ0v) is 9.25. The van der Waals surface area contributed by atoms with E-state index < -0.39 is 10.8 Å². The van der Waals surface area contributed by atoms with E-state index in [1.165, 1.54) is 0 Å². The lowest BCUT2D eigenvalue weighted by molar-refractivity contribution is 0.640. The fourth-order valence-electron chi connectivity index (χ4n) is 0.860. The van der Waals surface area contributed by atoms with E-state index in [0.717, 1.165) is 31.6 Å². The molecule has 74 valence electrons. The van der Waals surface area contributed by atoms with Crippen LogP contribution in [0.25, 0.3) is 0 Å². The monoisotopic (exact) mass is 191 g/mol. The molecule has 0 fully saturated rings. The van der Waals surface area contributed by atoms with Gasteiger partial charge >= 0.3 is 0 Å². The predicted molar refractivity (Wildman–Crippen MR) is 55.7 cm³/mol. The van der Waals surface area contributed by atoms with Crippen LogP contribution in [0.15, 0.2) is 0 Å². The molecule has 0 rings (SSSR count). The molecule has 0 aliphatic rings. The number of nitrogens with two attached hydrogens (primary N) is 1. The Balaban J connectivity index is 3.45. The van der Waals surface area contributed by atoms with Crippen molar-refractivity contribution in [3.63, 3.8) is 0 Å². The maximum atomic E-state index is 11.5. The molecule has 12 heavy (non-hydrogen) atoms. The molecular formula is C9H21NOS. The van der Waals surface area contributed by atoms with Gasteiger partial charge in [-0.25, -0.2) is 0 Å². The van der Waals surface area contributed by atoms with Gasteiger partial charge in [0.1, 0.15) is 0 Å². The smallest absolute Gasteiger partial charge is 0.0375 e. The highest BCUT2D eigenvalue weighted by Gasteiger charge is 2.18. The van der Waals surface area contributed by atoms with Crippen LogP contribution >= 0.6 is 0 Å². The molecule has 0 radical (unpaired) electrons. The Bertz CT molecular complexity index is 140. The largest absolute Gasteiger partial charge is 0.330 e. The summed E-state index contributed by atoms with van der Waals surface area (Å²) in [5, 5.41) is 0. The highest BCUT2D eigenvalue weighted by atomic mass is 32.2. The Morgan fingerprint density at radius 1 is 1.17 bits per heavy atom. The van der Waals surface area contributed by atoms with Gasteiger partial charge in [0.25, 0.3) is 0 Å². The SMILES string of the molecule is CC(C)(C)S(=O)CCCCCN. The number of unbranched alkanes of at least 4 members (excludes halogenated alkanes) is 2. The standard InChI is InChI=1S/C9H21NOS/c1-9(2,3)12(11)8-6-4-5-7-10/h4-8,10H2,1-3H3. The topological polar surface area (TPSA) is 43.1 Å². The summed E-state index contributed by atoms with van der Waals surface area (Å²) in [5.74, 6) is 0.823. The highest BCUT2D eigenvalue weighted by Crippen LogP contribution is 2.12. The summed E-state index contributed by atoms with van der Waals surface area (Å²) in [4.78, 5) is 0. The van der Waals surface area contributed by atoms with Gasteiger partial charge in [-0.1, -0.05) is 6.42 Å². The van der Waals surface area contributed by atoms with Crippen molar-refractivity contribution in [3.8, 4) is 0 Å². The van der Waals surface area contributed by atoms with E-state index in [-0.39, 0.29) is 4.75 Å². The summed E-state index contributed by atoms with van der Waals surface area (Å²) < 4.78 is 11.5. The van der Waals surface area contributed by atoms with Gasteiger partial charge < -0.3 is 5.73 Å². The Kier molecular flexibility index (Phi) is 5.76. The molecule has 2 N–H and O–H groups in total. The van der Waals surface area contributed by atoms with Gasteiger partial charge in [-0.2, -0.15) is 0 Å². The summed E-state index contributed by atoms with van der Waals surface area (Å²) in [6, 6.07) is 0. The van der Waals surface area contributed by atoms with Crippen LogP contribution in [0.4, 0.5) is 0 Å². The van der Waals surface area contributed by atoms with Crippen molar-refractivity contribution in [2.24, 2.45) is 5.73 Å². The minimum Gasteiger partial charge on any atom is -0.330 e. The number of hydrogen-bond acceptors (Lipinski definition) is 2. The maximum absolute atomic E-state index is 11.5. The molecule has 0 aromatic rings. The van der Waals surface area contributed by atoms with Crippen molar-refractivity contribution in [2.75, 3.05) is 12.3 Å². The predicted octanol–water partition coefficient (Wildman–Crippen LogP) is 1.66. The van der Waals surface area contributed by atoms with Crippen LogP contribution in [-0.4, -0.2) is 21.3 Å². The molecule has 0 saturated heterocycles. The molecule has 0 bridgehead atoms. The third kappa shape index (κ3) is 5.72. The molecule has 0 spiro atoms. The molecule has 0 heterocycles. The van der Waals surface area contributed by atoms with Crippen molar-refractivity contribution >= 4 is 10.8 Å². The van der Waals surface area contributed by atoms with Crippen LogP contribution in [0.2, 0.25) is 0 Å². The van der Waals surface area contributed by atoms with Gasteiger partial charge in [0, 0.05) is 21.3 Å². The molecule has 3 heteroatoms. The van der Waals surface area contributed by atoms with Gasteiger partial charge in [-0.05, 0) is 40.2 Å². The van der Waals surface area contributed by atoms with Crippen molar-refractivity contribution in [2.45, 2.75) is 44.8 Å². The molecule has 0 aromatic heterocycles. The van der Waals surface area contributed by atoms with E-state index in [1.807, 2.05) is 20.8 Å². The fourth-order valence-corrected chi connectivity index (χ4v) is 1.94. The van der Waals surface area contributed by atoms with Gasteiger partial charge in [0.15, 0.2) is 0 Å². The number of rotatable bonds is 5. The average Bonchev–Trinajstić information content (AvgIpc) is 1.96. The number of hydrogen-bond donors (Lipinski definition) is 1. The van der Waals surface area contributed by atoms with Crippen LogP contribution in [0.1, 0.15) is 40.0 Å². The molecule has 2 nitrogen and oxygen atoms in total. The normalized spacial score (nSPS) is 14.7. The first-order valence-electron chi connectivity index (χ1n) is 4.57. The van der Waals surface area contributed by atoms with E-state index in [1.54, 1.807) is 0 Å². The Morgan fingerprint density at radius 2 is 1.75 bits per heavy atom. The van der Waals surface area contributed by atoms with Gasteiger partial charge in [0.05, 0.1) is 0 Å². The maximum Gasteiger partial charge on any atom is 0.0375 e. The van der Waals surface area contributed by atoms with Crippen molar-refractivity contribution < 1.29 is 4.21 Å². The summed E-state index contributed by atoms with van der Waals surface area (Å²) in [7, 11) is -0.682. The third-order valence-electron chi connectivity index (χ3n) is 1.72. The first-order valence-corrected chi connectivity index (χ1v) is 5.89. The molecular weight excluding hydrogens is 170 g/mol. The van der Waals surface area contributed by atoms with Crippen molar-refractivity contribution in [3.05, 3.63) is 0 Å². The summed E-state index contributed by atoms with van der Waals surface area (Å²) >= 11 is 0. The van der Waals surface area contributed by atoms with E-state index in [9.17, 15) is 4.21 Å². The third-order valence-corrected chi connectivity index (χ3v) is 3.74. The molecule has 0 amide bonds. The zero-order chi connectivity index (χ0) is 9.61. The molecule has 1 unspecified atom stereocenters. The summed E-state index contributed by atoms with van der Waals surface area (Å²) in [6.07, 6.45) is 3.21. The van der Waals surface area contributed by atoms with E-state index in [0.29, 0.717) is 0 Å². The second kappa shape index (κ2) is 5.70. The Hall–Kier alpha value is 0.110. The van der Waals surface area contributed by atoms with Crippen LogP contribution in [0.5, 0.6) is 0 Å². The molecule has 0 saturated carbocycles. The van der Waals surface area contributed by atoms with Gasteiger partial charge in [-0.15, -0.1) is 0 Å². The Labute approximate surface area is 78.4 Å². The highest BCUT2D eigenvalue weighted by molar-refractivity contribution is 7.86. The van der Waals surface area contributed by atoms with E-state index >= 15 is 0 Å². The second-order valence-electron chi connectivity index (χ2n) is 4.01. The molecule has 1 atom stereocenters. The molecule has 0 aromatic carbocycles. The van der Waals surface area contributed by atoms with Gasteiger partial charge in [-0.3, -0.25) is 4.21 Å². The first kappa shape index (κ1) is 12.1. The summed E-state index contributed by atoms with van der Waals surface area (Å²) in [6.45, 7) is 6.81. The van der Waals surface area contributed by atoms with Crippen molar-refractivity contribution in [1.29, 1.82) is 0 Å². The lowest BCUT2D eigenvalue weighted by atomic mass is 10.2.